The first-order chi connectivity index (χ1) is 67.8. The topological polar surface area (TPSA) is 875 Å². The fourth-order valence-electron chi connectivity index (χ4n) is 17.0. The highest BCUT2D eigenvalue weighted by Crippen LogP contribution is 2.36. The summed E-state index contributed by atoms with van der Waals surface area (Å²) in [5.74, 6) is -3.81. The number of aliphatic hydroxyl groups is 28. The van der Waals surface area contributed by atoms with E-state index in [1.54, 1.807) is 9.80 Å². The van der Waals surface area contributed by atoms with Crippen molar-refractivity contribution in [2.24, 2.45) is 0 Å². The maximum absolute atomic E-state index is 13.7. The highest BCUT2D eigenvalue weighted by molar-refractivity contribution is 6.01. The van der Waals surface area contributed by atoms with Crippen LogP contribution in [0, 0.1) is 0 Å². The number of unbranched alkanes of at least 4 members (excludes halogenated alkanes) is 8. The average Bonchev–Trinajstić information content (AvgIpc) is 0.961. The smallest absolute Gasteiger partial charge is 0.333 e. The zero-order chi connectivity index (χ0) is 104. The molecule has 0 radical (unpaired) electrons. The molecule has 9 aliphatic rings. The van der Waals surface area contributed by atoms with Crippen LogP contribution in [-0.4, -0.2) is 602 Å². The van der Waals surface area contributed by atoms with Crippen LogP contribution in [-0.2, 0) is 109 Å². The quantitative estimate of drug-likeness (QED) is 0.0199. The Kier molecular flexibility index (Phi) is 51.2. The van der Waals surface area contributed by atoms with Gasteiger partial charge in [0.2, 0.25) is 17.7 Å². The third-order valence-electron chi connectivity index (χ3n) is 25.7. The Morgan fingerprint density at radius 1 is 0.275 bits per heavy atom. The lowest BCUT2D eigenvalue weighted by Gasteiger charge is -2.46. The largest absolute Gasteiger partial charge is 0.394 e. The van der Waals surface area contributed by atoms with E-state index >= 15 is 0 Å². The Hall–Kier alpha value is -4.86. The Morgan fingerprint density at radius 3 is 0.810 bits per heavy atom. The monoisotopic (exact) mass is 2070 g/mol. The first-order valence-corrected chi connectivity index (χ1v) is 47.7. The van der Waals surface area contributed by atoms with Gasteiger partial charge in [-0.15, -0.1) is 5.06 Å². The van der Waals surface area contributed by atoms with Gasteiger partial charge in [-0.25, -0.2) is 4.79 Å². The van der Waals surface area contributed by atoms with Crippen LogP contribution >= 0.6 is 0 Å². The molecule has 58 nitrogen and oxygen atoms in total. The summed E-state index contributed by atoms with van der Waals surface area (Å²) in [5.41, 5.74) is 0. The van der Waals surface area contributed by atoms with Crippen molar-refractivity contribution in [3.63, 3.8) is 0 Å². The molecule has 5 amide bonds. The molecule has 31 N–H and O–H groups in total. The maximum atomic E-state index is 13.7. The number of aliphatic hydroxyl groups excluding tert-OH is 28. The number of carbonyl (C=O) groups excluding carboxylic acids is 6. The summed E-state index contributed by atoms with van der Waals surface area (Å²) < 4.78 is 91.5. The van der Waals surface area contributed by atoms with Gasteiger partial charge in [0.25, 0.3) is 11.8 Å². The maximum Gasteiger partial charge on any atom is 0.333 e. The lowest BCUT2D eigenvalue weighted by Crippen LogP contribution is -2.65. The molecule has 0 aromatic rings. The zero-order valence-corrected chi connectivity index (χ0v) is 78.2. The molecule has 0 aliphatic carbocycles. The number of rotatable bonds is 59. The number of hydrogen-bond acceptors (Lipinski definition) is 54. The Bertz CT molecular complexity index is 3460. The molecule has 0 unspecified atom stereocenters. The van der Waals surface area contributed by atoms with Crippen molar-refractivity contribution in [3.05, 3.63) is 0 Å². The van der Waals surface area contributed by atoms with Crippen molar-refractivity contribution in [2.75, 3.05) is 158 Å². The van der Waals surface area contributed by atoms with Crippen molar-refractivity contribution in [3.8, 4) is 0 Å². The molecular weight excluding hydrogens is 1920 g/mol. The predicted octanol–water partition coefficient (Wildman–Crippen LogP) is -18.9. The summed E-state index contributed by atoms with van der Waals surface area (Å²) in [5, 5.41) is 305. The standard InChI is InChI=1S/C84H147N7O51/c92-31-39-53(104)61(112)67(118)77(132-39)126-24-20-88(22-26-128-81-73(124)75(140-83-71(122)65(116)57(108)43(35-96)136-83)59(110)45(138-81)37-130-79-69(120)63(114)55(106)41(33-94)134-79)18-10-3-1-7-15-85-47(98)28-90(30-49(100)87-17-9-5-6-12-52(103)142-91-50(101)13-14-51(91)102)29-48(99)86-16-8-2-4-11-19-89(21-25-127-78-68(119)62(113)54(105)40(32-93)133-78)23-27-129-82-74(125)76(141-84-72(123)66(117)58(109)44(36-97)137-84)60(111)46(139-82)38-131-80-70(121)64(115)56(107)42(34-95)135-80/h39-46,53-84,92-97,104-125H,1-38H2,(H,85,98)(H,86,99)(H,87,100)/t39-,40-,41-,42-,43-,44-,45-,46-,53-,54-,55-,56-,57-,58-,59-,60-,61+,62+,63+,64+,65+,66+,67+,68+,69+,70+,71+,72+,73+,74+,75+,76+,77-,78-,79+,80+,81+,82+,83-,84-/m1/s1. The summed E-state index contributed by atoms with van der Waals surface area (Å²) >= 11 is 0. The summed E-state index contributed by atoms with van der Waals surface area (Å²) in [4.78, 5) is 87.1. The van der Waals surface area contributed by atoms with Crippen LogP contribution in [0.15, 0.2) is 0 Å². The number of hydrogen-bond donors (Lipinski definition) is 31. The Balaban J connectivity index is 0.789. The van der Waals surface area contributed by atoms with Gasteiger partial charge < -0.3 is 240 Å². The Morgan fingerprint density at radius 2 is 0.521 bits per heavy atom. The number of nitrogens with one attached hydrogen (secondary N) is 3. The van der Waals surface area contributed by atoms with Gasteiger partial charge in [0.15, 0.2) is 50.3 Å². The second kappa shape index (κ2) is 60.3. The van der Waals surface area contributed by atoms with E-state index in [2.05, 4.69) is 16.0 Å². The lowest BCUT2D eigenvalue weighted by atomic mass is 9.96. The minimum absolute atomic E-state index is 0.0190. The van der Waals surface area contributed by atoms with Crippen LogP contribution in [0.2, 0.25) is 0 Å². The first-order valence-electron chi connectivity index (χ1n) is 47.7. The minimum atomic E-state index is -2.03. The van der Waals surface area contributed by atoms with Gasteiger partial charge in [-0.1, -0.05) is 32.1 Å². The predicted molar refractivity (Wildman–Crippen MR) is 460 cm³/mol. The number of nitrogens with zero attached hydrogens (tertiary/aromatic N) is 4. The molecule has 9 saturated heterocycles. The van der Waals surface area contributed by atoms with E-state index in [0.717, 1.165) is 0 Å². The molecule has 40 atom stereocenters. The van der Waals surface area contributed by atoms with Gasteiger partial charge in [-0.2, -0.15) is 0 Å². The second-order valence-corrected chi connectivity index (χ2v) is 36.1. The van der Waals surface area contributed by atoms with Gasteiger partial charge in [-0.05, 0) is 51.6 Å². The summed E-state index contributed by atoms with van der Waals surface area (Å²) in [6.45, 7) is -7.98. The molecular formula is C84H147N7O51. The molecule has 0 spiro atoms. The van der Waals surface area contributed by atoms with Crippen molar-refractivity contribution in [2.45, 2.75) is 336 Å². The van der Waals surface area contributed by atoms with Crippen molar-refractivity contribution in [1.29, 1.82) is 0 Å². The third-order valence-corrected chi connectivity index (χ3v) is 25.7. The van der Waals surface area contributed by atoms with E-state index in [-0.39, 0.29) is 111 Å². The summed E-state index contributed by atoms with van der Waals surface area (Å²) in [6.07, 6.45) is -66.1. The molecule has 0 aromatic heterocycles. The Labute approximate surface area is 814 Å². The first kappa shape index (κ1) is 121. The van der Waals surface area contributed by atoms with Crippen LogP contribution < -0.4 is 16.0 Å². The van der Waals surface area contributed by atoms with E-state index in [1.165, 1.54) is 4.90 Å². The van der Waals surface area contributed by atoms with E-state index < -0.39 is 354 Å². The SMILES string of the molecule is O=C(CN(CC(=O)NCCCCCCN(CCO[C@@H]1O[C@H](CO)[C@@H](O)[C@H](O)[C@@H]1O)CCO[C@H]1O[C@H](CO[C@H]2O[C@H](CO)[C@@H](O)[C@H](O)[C@@H]2O)[C@@H](O)[C@H](O[C@H]2O[C@H](CO)[C@@H](O)[C@H](O)[C@@H]2O)[C@@H]1O)CC(=O)NCCCCCC(=O)ON1C(=O)CCC1=O)NCCCCCCN(CCO[C@@H]1O[C@H](CO)[C@@H](O)[C@H](O)[C@@H]1O)CCO[C@H]1O[C@H](CO[C@H]2O[C@H](CO)[C@@H](O)[C@H](O)[C@@H]2O)[C@@H](O)[C@H](O[C@H]2O[C@H](CO)[C@@H](O)[C@H](O)[C@@H]2O)[C@@H]1O. The van der Waals surface area contributed by atoms with Crippen molar-refractivity contribution < 1.29 is 252 Å². The number of carbonyl (C=O) groups is 6. The van der Waals surface area contributed by atoms with Crippen LogP contribution in [0.1, 0.15) is 89.9 Å². The van der Waals surface area contributed by atoms with Crippen molar-refractivity contribution in [1.82, 2.24) is 35.7 Å². The summed E-state index contributed by atoms with van der Waals surface area (Å²) in [6, 6.07) is 0. The molecule has 9 rings (SSSR count). The van der Waals surface area contributed by atoms with E-state index in [4.69, 9.17) is 80.6 Å². The van der Waals surface area contributed by atoms with Gasteiger partial charge in [0, 0.05) is 65.1 Å². The van der Waals surface area contributed by atoms with Gasteiger partial charge in [0.05, 0.1) is 98.9 Å². The zero-order valence-electron chi connectivity index (χ0n) is 78.2. The average molecular weight is 2070 g/mol. The van der Waals surface area contributed by atoms with Crippen LogP contribution in [0.4, 0.5) is 0 Å². The van der Waals surface area contributed by atoms with Gasteiger partial charge in [-0.3, -0.25) is 38.7 Å². The molecule has 0 aromatic carbocycles. The number of imide groups is 1. The number of ether oxygens (including phenoxy) is 16. The fourth-order valence-corrected chi connectivity index (χ4v) is 17.0. The molecule has 142 heavy (non-hydrogen) atoms. The molecule has 824 valence electrons. The lowest BCUT2D eigenvalue weighted by molar-refractivity contribution is -0.366. The molecule has 9 fully saturated rings. The highest BCUT2D eigenvalue weighted by Gasteiger charge is 2.56. The molecule has 9 heterocycles. The normalized spacial score (nSPS) is 38.6. The van der Waals surface area contributed by atoms with Crippen LogP contribution in [0.3, 0.4) is 0 Å². The molecule has 0 saturated carbocycles. The van der Waals surface area contributed by atoms with E-state index in [0.29, 0.717) is 69.3 Å². The molecule has 9 aliphatic heterocycles. The number of amides is 5. The van der Waals surface area contributed by atoms with Gasteiger partial charge in [0.1, 0.15) is 195 Å². The summed E-state index contributed by atoms with van der Waals surface area (Å²) in [7, 11) is 0. The van der Waals surface area contributed by atoms with Crippen molar-refractivity contribution >= 4 is 35.5 Å². The molecule has 58 heteroatoms. The highest BCUT2D eigenvalue weighted by atomic mass is 16.8. The second-order valence-electron chi connectivity index (χ2n) is 36.1. The fraction of sp³-hybridized carbons (Fsp3) is 0.929. The molecule has 0 bridgehead atoms. The van der Waals surface area contributed by atoms with E-state index in [9.17, 15) is 172 Å². The third kappa shape index (κ3) is 34.1. The van der Waals surface area contributed by atoms with E-state index in [1.807, 2.05) is 0 Å². The van der Waals surface area contributed by atoms with Gasteiger partial charge >= 0.3 is 5.97 Å². The van der Waals surface area contributed by atoms with Crippen LogP contribution in [0.5, 0.6) is 0 Å². The van der Waals surface area contributed by atoms with Crippen LogP contribution in [0.25, 0.3) is 0 Å². The number of hydroxylamine groups is 2. The minimum Gasteiger partial charge on any atom is -0.394 e.